The Morgan fingerprint density at radius 1 is 1.16 bits per heavy atom. The molecular formula is C23H32N4O5. The topological polar surface area (TPSA) is 85.3 Å². The number of benzene rings is 1. The zero-order chi connectivity index (χ0) is 23.5. The fourth-order valence-electron chi connectivity index (χ4n) is 3.08. The van der Waals surface area contributed by atoms with Crippen molar-refractivity contribution in [1.29, 1.82) is 0 Å². The highest BCUT2D eigenvalue weighted by Gasteiger charge is 2.22. The predicted molar refractivity (Wildman–Crippen MR) is 123 cm³/mol. The number of urea groups is 1. The van der Waals surface area contributed by atoms with Crippen LogP contribution < -0.4 is 14.8 Å². The maximum absolute atomic E-state index is 13.1. The lowest BCUT2D eigenvalue weighted by Gasteiger charge is -2.27. The summed E-state index contributed by atoms with van der Waals surface area (Å²) < 4.78 is 17.6. The summed E-state index contributed by atoms with van der Waals surface area (Å²) in [5, 5.41) is 2.80. The third kappa shape index (κ3) is 6.78. The molecule has 1 heterocycles. The molecule has 0 aliphatic heterocycles. The summed E-state index contributed by atoms with van der Waals surface area (Å²) in [6.07, 6.45) is 3.50. The Kier molecular flexibility index (Phi) is 9.62. The molecule has 0 fully saturated rings. The fraction of sp³-hybridized carbons (Fsp3) is 0.391. The highest BCUT2D eigenvalue weighted by atomic mass is 16.5. The van der Waals surface area contributed by atoms with Crippen molar-refractivity contribution in [3.05, 3.63) is 54.9 Å². The molecule has 0 aliphatic carbocycles. The van der Waals surface area contributed by atoms with E-state index in [1.54, 1.807) is 43.4 Å². The summed E-state index contributed by atoms with van der Waals surface area (Å²) in [5.74, 6) is 0.863. The first-order valence-corrected chi connectivity index (χ1v) is 10.2. The zero-order valence-corrected chi connectivity index (χ0v) is 19.2. The lowest BCUT2D eigenvalue weighted by atomic mass is 10.2. The zero-order valence-electron chi connectivity index (χ0n) is 19.2. The van der Waals surface area contributed by atoms with Crippen LogP contribution in [-0.4, -0.2) is 73.9 Å². The number of methoxy groups -OCH3 is 3. The third-order valence-corrected chi connectivity index (χ3v) is 4.94. The van der Waals surface area contributed by atoms with Crippen molar-refractivity contribution in [2.75, 3.05) is 52.9 Å². The number of hydrogen-bond donors (Lipinski definition) is 1. The number of amides is 3. The minimum atomic E-state index is -0.438. The summed E-state index contributed by atoms with van der Waals surface area (Å²) >= 11 is 0. The van der Waals surface area contributed by atoms with Gasteiger partial charge in [0, 0.05) is 45.2 Å². The second kappa shape index (κ2) is 12.4. The van der Waals surface area contributed by atoms with Crippen molar-refractivity contribution < 1.29 is 23.8 Å². The van der Waals surface area contributed by atoms with Gasteiger partial charge >= 0.3 is 6.03 Å². The van der Waals surface area contributed by atoms with Crippen LogP contribution >= 0.6 is 0 Å². The van der Waals surface area contributed by atoms with E-state index in [0.717, 1.165) is 5.69 Å². The molecule has 0 atom stereocenters. The Balaban J connectivity index is 2.13. The van der Waals surface area contributed by atoms with Crippen LogP contribution in [0.2, 0.25) is 0 Å². The highest BCUT2D eigenvalue weighted by Crippen LogP contribution is 2.29. The summed E-state index contributed by atoms with van der Waals surface area (Å²) in [4.78, 5) is 29.1. The molecule has 9 heteroatoms. The van der Waals surface area contributed by atoms with Crippen LogP contribution in [0, 0.1) is 0 Å². The molecule has 1 aromatic carbocycles. The second-order valence-electron chi connectivity index (χ2n) is 7.08. The fourth-order valence-corrected chi connectivity index (χ4v) is 3.08. The van der Waals surface area contributed by atoms with E-state index in [1.165, 1.54) is 12.0 Å². The molecule has 0 radical (unpaired) electrons. The first-order chi connectivity index (χ1) is 15.4. The molecule has 174 valence electrons. The predicted octanol–water partition coefficient (Wildman–Crippen LogP) is 2.74. The number of nitrogens with one attached hydrogen (secondary N) is 1. The SMILES string of the molecule is C=CCN(CC(=O)N(CCOC)Cc1cccn1C)C(=O)Nc1ccc(OC)cc1OC. The summed E-state index contributed by atoms with van der Waals surface area (Å²) in [6.45, 7) is 5.04. The largest absolute Gasteiger partial charge is 0.497 e. The minimum absolute atomic E-state index is 0.107. The van der Waals surface area contributed by atoms with Gasteiger partial charge in [0.25, 0.3) is 0 Å². The van der Waals surface area contributed by atoms with Gasteiger partial charge in [0.05, 0.1) is 33.1 Å². The van der Waals surface area contributed by atoms with Gasteiger partial charge in [0.15, 0.2) is 0 Å². The van der Waals surface area contributed by atoms with Crippen LogP contribution in [0.5, 0.6) is 11.5 Å². The number of carbonyl (C=O) groups excluding carboxylic acids is 2. The van der Waals surface area contributed by atoms with Gasteiger partial charge in [-0.25, -0.2) is 4.79 Å². The molecule has 2 aromatic rings. The van der Waals surface area contributed by atoms with E-state index in [4.69, 9.17) is 14.2 Å². The van der Waals surface area contributed by atoms with Gasteiger partial charge in [-0.05, 0) is 24.3 Å². The van der Waals surface area contributed by atoms with Crippen LogP contribution in [-0.2, 0) is 23.1 Å². The number of anilines is 1. The van der Waals surface area contributed by atoms with Crippen LogP contribution in [0.4, 0.5) is 10.5 Å². The lowest BCUT2D eigenvalue weighted by Crippen LogP contribution is -2.45. The molecule has 0 spiro atoms. The number of hydrogen-bond acceptors (Lipinski definition) is 5. The second-order valence-corrected chi connectivity index (χ2v) is 7.08. The molecule has 0 aliphatic rings. The average molecular weight is 445 g/mol. The number of aromatic nitrogens is 1. The summed E-state index contributed by atoms with van der Waals surface area (Å²) in [7, 11) is 6.57. The summed E-state index contributed by atoms with van der Waals surface area (Å²) in [5.41, 5.74) is 1.46. The van der Waals surface area contributed by atoms with Gasteiger partial charge in [-0.1, -0.05) is 6.08 Å². The molecule has 2 rings (SSSR count). The molecule has 1 N–H and O–H groups in total. The summed E-state index contributed by atoms with van der Waals surface area (Å²) in [6, 6.07) is 8.51. The minimum Gasteiger partial charge on any atom is -0.497 e. The van der Waals surface area contributed by atoms with Crippen LogP contribution in [0.15, 0.2) is 49.2 Å². The van der Waals surface area contributed by atoms with Crippen molar-refractivity contribution in [1.82, 2.24) is 14.4 Å². The molecule has 0 saturated heterocycles. The van der Waals surface area contributed by atoms with Crippen molar-refractivity contribution in [2.24, 2.45) is 7.05 Å². The van der Waals surface area contributed by atoms with Crippen LogP contribution in [0.25, 0.3) is 0 Å². The molecule has 3 amide bonds. The van der Waals surface area contributed by atoms with E-state index < -0.39 is 6.03 Å². The molecule has 0 bridgehead atoms. The Bertz CT molecular complexity index is 912. The van der Waals surface area contributed by atoms with E-state index in [1.807, 2.05) is 29.9 Å². The van der Waals surface area contributed by atoms with Gasteiger partial charge in [0.1, 0.15) is 18.0 Å². The monoisotopic (exact) mass is 444 g/mol. The van der Waals surface area contributed by atoms with Gasteiger partial charge in [0.2, 0.25) is 5.91 Å². The number of aryl methyl sites for hydroxylation is 1. The Morgan fingerprint density at radius 3 is 2.53 bits per heavy atom. The first kappa shape index (κ1) is 24.8. The maximum Gasteiger partial charge on any atom is 0.322 e. The van der Waals surface area contributed by atoms with Crippen molar-refractivity contribution in [3.8, 4) is 11.5 Å². The lowest BCUT2D eigenvalue weighted by molar-refractivity contribution is -0.133. The highest BCUT2D eigenvalue weighted by molar-refractivity contribution is 5.93. The van der Waals surface area contributed by atoms with Gasteiger partial charge in [-0.2, -0.15) is 0 Å². The van der Waals surface area contributed by atoms with Gasteiger partial charge in [-0.15, -0.1) is 6.58 Å². The van der Waals surface area contributed by atoms with E-state index in [0.29, 0.717) is 36.9 Å². The first-order valence-electron chi connectivity index (χ1n) is 10.2. The molecule has 1 aromatic heterocycles. The van der Waals surface area contributed by atoms with Crippen molar-refractivity contribution >= 4 is 17.6 Å². The van der Waals surface area contributed by atoms with Crippen molar-refractivity contribution in [2.45, 2.75) is 6.54 Å². The number of nitrogens with zero attached hydrogens (tertiary/aromatic N) is 3. The normalized spacial score (nSPS) is 10.4. The van der Waals surface area contributed by atoms with E-state index >= 15 is 0 Å². The molecule has 9 nitrogen and oxygen atoms in total. The molecule has 32 heavy (non-hydrogen) atoms. The third-order valence-electron chi connectivity index (χ3n) is 4.94. The Labute approximate surface area is 189 Å². The van der Waals surface area contributed by atoms with E-state index in [2.05, 4.69) is 11.9 Å². The van der Waals surface area contributed by atoms with E-state index in [9.17, 15) is 9.59 Å². The van der Waals surface area contributed by atoms with Gasteiger partial charge < -0.3 is 33.9 Å². The number of carbonyl (C=O) groups is 2. The standard InChI is InChI=1S/C23H32N4O5/c1-6-11-27(23(29)24-20-10-9-19(31-4)15-21(20)32-5)17-22(28)26(13-14-30-3)16-18-8-7-12-25(18)2/h6-10,12,15H,1,11,13-14,16-17H2,2-5H3,(H,24,29). The number of rotatable bonds is 12. The quantitative estimate of drug-likeness (QED) is 0.509. The van der Waals surface area contributed by atoms with Crippen molar-refractivity contribution in [3.63, 3.8) is 0 Å². The number of ether oxygens (including phenoxy) is 3. The van der Waals surface area contributed by atoms with Crippen LogP contribution in [0.1, 0.15) is 5.69 Å². The molecule has 0 saturated carbocycles. The Hall–Kier alpha value is -3.46. The van der Waals surface area contributed by atoms with Crippen LogP contribution in [0.3, 0.4) is 0 Å². The Morgan fingerprint density at radius 2 is 1.94 bits per heavy atom. The maximum atomic E-state index is 13.1. The van der Waals surface area contributed by atoms with E-state index in [-0.39, 0.29) is 19.0 Å². The smallest absolute Gasteiger partial charge is 0.322 e. The van der Waals surface area contributed by atoms with Gasteiger partial charge in [-0.3, -0.25) is 4.79 Å². The molecular weight excluding hydrogens is 412 g/mol. The molecule has 0 unspecified atom stereocenters. The average Bonchev–Trinajstić information content (AvgIpc) is 3.20.